The van der Waals surface area contributed by atoms with Crippen molar-refractivity contribution < 1.29 is 14.3 Å². The molecule has 0 atom stereocenters. The van der Waals surface area contributed by atoms with E-state index in [1.165, 1.54) is 0 Å². The number of carbonyl (C=O) groups is 2. The third kappa shape index (κ3) is 5.95. The molecule has 2 aromatic rings. The first-order chi connectivity index (χ1) is 13.7. The Morgan fingerprint density at radius 2 is 2.00 bits per heavy atom. The van der Waals surface area contributed by atoms with Gasteiger partial charge in [0.25, 0.3) is 0 Å². The van der Waals surface area contributed by atoms with Gasteiger partial charge >= 0.3 is 6.09 Å². The van der Waals surface area contributed by atoms with Crippen LogP contribution in [0.15, 0.2) is 24.4 Å². The van der Waals surface area contributed by atoms with Crippen LogP contribution in [0.5, 0.6) is 0 Å². The maximum atomic E-state index is 12.6. The fourth-order valence-electron chi connectivity index (χ4n) is 3.85. The predicted octanol–water partition coefficient (Wildman–Crippen LogP) is 3.85. The molecular weight excluding hydrogens is 368 g/mol. The third-order valence-corrected chi connectivity index (χ3v) is 5.36. The first kappa shape index (κ1) is 21.1. The molecule has 0 bridgehead atoms. The number of fused-ring (bicyclic) bond motifs is 1. The normalized spacial score (nSPS) is 19.7. The number of amides is 2. The van der Waals surface area contributed by atoms with Crippen molar-refractivity contribution in [3.05, 3.63) is 30.1 Å². The zero-order chi connectivity index (χ0) is 21.0. The average Bonchev–Trinajstić information content (AvgIpc) is 3.08. The van der Waals surface area contributed by atoms with E-state index >= 15 is 0 Å². The van der Waals surface area contributed by atoms with Crippen LogP contribution in [0.4, 0.5) is 4.79 Å². The van der Waals surface area contributed by atoms with Crippen LogP contribution in [-0.4, -0.2) is 46.1 Å². The summed E-state index contributed by atoms with van der Waals surface area (Å²) in [6.45, 7) is 6.76. The summed E-state index contributed by atoms with van der Waals surface area (Å²) in [7, 11) is 1.78. The topological polar surface area (TPSA) is 87.3 Å². The van der Waals surface area contributed by atoms with E-state index in [2.05, 4.69) is 15.3 Å². The standard InChI is InChI=1S/C22H32N4O3/c1-22(2,3)29-21(28)26(4)14-15-7-9-16(10-8-15)20(27)24-13-18-12-17-6-5-11-23-19(17)25-18/h5-6,11-12,15-16H,7-10,13-14H2,1-4H3,(H,23,25)(H,24,27). The highest BCUT2D eigenvalue weighted by molar-refractivity contribution is 5.79. The Hall–Kier alpha value is -2.57. The molecule has 158 valence electrons. The summed E-state index contributed by atoms with van der Waals surface area (Å²) in [5, 5.41) is 4.09. The number of nitrogens with one attached hydrogen (secondary N) is 2. The highest BCUT2D eigenvalue weighted by Gasteiger charge is 2.28. The molecule has 7 nitrogen and oxygen atoms in total. The quantitative estimate of drug-likeness (QED) is 0.798. The van der Waals surface area contributed by atoms with Gasteiger partial charge in [-0.25, -0.2) is 9.78 Å². The molecule has 0 unspecified atom stereocenters. The van der Waals surface area contributed by atoms with E-state index in [1.54, 1.807) is 18.1 Å². The molecule has 1 fully saturated rings. The molecule has 2 aromatic heterocycles. The number of hydrogen-bond donors (Lipinski definition) is 2. The Labute approximate surface area is 172 Å². The number of ether oxygens (including phenoxy) is 1. The van der Waals surface area contributed by atoms with Crippen LogP contribution in [0.3, 0.4) is 0 Å². The van der Waals surface area contributed by atoms with Crippen LogP contribution >= 0.6 is 0 Å². The fourth-order valence-corrected chi connectivity index (χ4v) is 3.85. The summed E-state index contributed by atoms with van der Waals surface area (Å²) >= 11 is 0. The lowest BCUT2D eigenvalue weighted by Gasteiger charge is -2.31. The first-order valence-electron chi connectivity index (χ1n) is 10.4. The minimum Gasteiger partial charge on any atom is -0.444 e. The summed E-state index contributed by atoms with van der Waals surface area (Å²) in [5.41, 5.74) is 1.31. The Kier molecular flexibility index (Phi) is 6.45. The second kappa shape index (κ2) is 8.84. The van der Waals surface area contributed by atoms with Crippen LogP contribution in [-0.2, 0) is 16.1 Å². The average molecular weight is 401 g/mol. The molecule has 2 N–H and O–H groups in total. The van der Waals surface area contributed by atoms with Crippen molar-refractivity contribution in [1.29, 1.82) is 0 Å². The van der Waals surface area contributed by atoms with Crippen molar-refractivity contribution in [2.45, 2.75) is 58.6 Å². The summed E-state index contributed by atoms with van der Waals surface area (Å²) in [6.07, 6.45) is 5.06. The lowest BCUT2D eigenvalue weighted by molar-refractivity contribution is -0.126. The van der Waals surface area contributed by atoms with Gasteiger partial charge in [-0.05, 0) is 70.6 Å². The minimum atomic E-state index is -0.484. The van der Waals surface area contributed by atoms with Gasteiger partial charge in [0, 0.05) is 36.8 Å². The second-order valence-corrected chi connectivity index (χ2v) is 9.03. The summed E-state index contributed by atoms with van der Waals surface area (Å²) < 4.78 is 5.41. The van der Waals surface area contributed by atoms with Crippen molar-refractivity contribution in [2.24, 2.45) is 11.8 Å². The van der Waals surface area contributed by atoms with E-state index in [0.29, 0.717) is 19.0 Å². The molecule has 0 aromatic carbocycles. The third-order valence-electron chi connectivity index (χ3n) is 5.36. The van der Waals surface area contributed by atoms with Crippen LogP contribution in [0.1, 0.15) is 52.1 Å². The van der Waals surface area contributed by atoms with E-state index < -0.39 is 5.60 Å². The Bertz CT molecular complexity index is 814. The molecule has 3 rings (SSSR count). The van der Waals surface area contributed by atoms with Crippen molar-refractivity contribution in [3.8, 4) is 0 Å². The van der Waals surface area contributed by atoms with Gasteiger partial charge in [-0.3, -0.25) is 4.79 Å². The number of nitrogens with zero attached hydrogens (tertiary/aromatic N) is 2. The van der Waals surface area contributed by atoms with Gasteiger partial charge in [0.1, 0.15) is 11.2 Å². The minimum absolute atomic E-state index is 0.0422. The number of rotatable bonds is 5. The highest BCUT2D eigenvalue weighted by atomic mass is 16.6. The number of pyridine rings is 1. The second-order valence-electron chi connectivity index (χ2n) is 9.03. The molecular formula is C22H32N4O3. The van der Waals surface area contributed by atoms with Gasteiger partial charge in [0.2, 0.25) is 5.91 Å². The molecule has 1 aliphatic carbocycles. The highest BCUT2D eigenvalue weighted by Crippen LogP contribution is 2.29. The zero-order valence-corrected chi connectivity index (χ0v) is 17.8. The van der Waals surface area contributed by atoms with E-state index in [-0.39, 0.29) is 17.9 Å². The Morgan fingerprint density at radius 3 is 2.66 bits per heavy atom. The van der Waals surface area contributed by atoms with Crippen LogP contribution in [0.25, 0.3) is 11.0 Å². The van der Waals surface area contributed by atoms with Gasteiger partial charge in [0.15, 0.2) is 0 Å². The number of aromatic amines is 1. The molecule has 0 saturated heterocycles. The molecule has 29 heavy (non-hydrogen) atoms. The predicted molar refractivity (Wildman–Crippen MR) is 112 cm³/mol. The molecule has 0 radical (unpaired) electrons. The molecule has 7 heteroatoms. The maximum absolute atomic E-state index is 12.6. The van der Waals surface area contributed by atoms with Gasteiger partial charge in [-0.2, -0.15) is 0 Å². The van der Waals surface area contributed by atoms with Gasteiger partial charge in [-0.15, -0.1) is 0 Å². The van der Waals surface area contributed by atoms with Crippen molar-refractivity contribution in [1.82, 2.24) is 20.2 Å². The van der Waals surface area contributed by atoms with Crippen LogP contribution < -0.4 is 5.32 Å². The van der Waals surface area contributed by atoms with Crippen molar-refractivity contribution in [3.63, 3.8) is 0 Å². The largest absolute Gasteiger partial charge is 0.444 e. The van der Waals surface area contributed by atoms with Gasteiger partial charge < -0.3 is 19.9 Å². The smallest absolute Gasteiger partial charge is 0.410 e. The zero-order valence-electron chi connectivity index (χ0n) is 17.8. The number of H-pyrrole nitrogens is 1. The van der Waals surface area contributed by atoms with E-state index in [0.717, 1.165) is 42.4 Å². The summed E-state index contributed by atoms with van der Waals surface area (Å²) in [4.78, 5) is 33.8. The molecule has 1 aliphatic rings. The van der Waals surface area contributed by atoms with E-state index in [4.69, 9.17) is 4.74 Å². The van der Waals surface area contributed by atoms with E-state index in [1.807, 2.05) is 39.0 Å². The molecule has 0 aliphatic heterocycles. The molecule has 2 amide bonds. The SMILES string of the molecule is CN(CC1CCC(C(=O)NCc2cc3cccnc3[nH]2)CC1)C(=O)OC(C)(C)C. The van der Waals surface area contributed by atoms with Crippen LogP contribution in [0, 0.1) is 11.8 Å². The molecule has 2 heterocycles. The van der Waals surface area contributed by atoms with Crippen LogP contribution in [0.2, 0.25) is 0 Å². The fraction of sp³-hybridized carbons (Fsp3) is 0.591. The van der Waals surface area contributed by atoms with Crippen molar-refractivity contribution >= 4 is 23.0 Å². The molecule has 1 saturated carbocycles. The van der Waals surface area contributed by atoms with Gasteiger partial charge in [-0.1, -0.05) is 0 Å². The van der Waals surface area contributed by atoms with E-state index in [9.17, 15) is 9.59 Å². The van der Waals surface area contributed by atoms with Crippen molar-refractivity contribution in [2.75, 3.05) is 13.6 Å². The number of hydrogen-bond acceptors (Lipinski definition) is 4. The summed E-state index contributed by atoms with van der Waals surface area (Å²) in [6, 6.07) is 5.92. The number of aromatic nitrogens is 2. The Balaban J connectivity index is 1.41. The first-order valence-corrected chi connectivity index (χ1v) is 10.4. The lowest BCUT2D eigenvalue weighted by Crippen LogP contribution is -2.39. The maximum Gasteiger partial charge on any atom is 0.410 e. The number of carbonyl (C=O) groups excluding carboxylic acids is 2. The molecule has 0 spiro atoms. The van der Waals surface area contributed by atoms with Gasteiger partial charge in [0.05, 0.1) is 6.54 Å². The Morgan fingerprint density at radius 1 is 1.28 bits per heavy atom. The summed E-state index contributed by atoms with van der Waals surface area (Å²) in [5.74, 6) is 0.562. The lowest BCUT2D eigenvalue weighted by atomic mass is 9.81. The monoisotopic (exact) mass is 400 g/mol.